The van der Waals surface area contributed by atoms with Crippen LogP contribution in [0.25, 0.3) is 0 Å². The molecule has 0 spiro atoms. The summed E-state index contributed by atoms with van der Waals surface area (Å²) in [7, 11) is 1.97. The standard InChI is InChI=1S/C28H37N3O3/c1-27-14-12-23-21(9-11-24-28(23,2)15-13-26(34)31(24)3)22(27)10-4-18(27)16-25(33)30-20-7-5-19(6-8-20)29-17-32/h5-8,13,15,17-18,21-24H,4,9-12,14,16H2,1-3H3,(H,29,32)(H,30,33)/t18-,21+,22+,23+,24-,27-,28-/m1/s1. The summed E-state index contributed by atoms with van der Waals surface area (Å²) in [5.41, 5.74) is 1.74. The zero-order valence-electron chi connectivity index (χ0n) is 20.5. The van der Waals surface area contributed by atoms with Gasteiger partial charge in [0.05, 0.1) is 0 Å². The van der Waals surface area contributed by atoms with E-state index in [0.717, 1.165) is 24.9 Å². The lowest BCUT2D eigenvalue weighted by Gasteiger charge is -2.60. The first-order valence-electron chi connectivity index (χ1n) is 12.8. The molecule has 4 aliphatic rings. The molecule has 7 atom stereocenters. The van der Waals surface area contributed by atoms with Crippen LogP contribution in [0.4, 0.5) is 11.4 Å². The summed E-state index contributed by atoms with van der Waals surface area (Å²) >= 11 is 0. The van der Waals surface area contributed by atoms with Crippen molar-refractivity contribution in [2.75, 3.05) is 17.7 Å². The number of fused-ring (bicyclic) bond motifs is 5. The minimum atomic E-state index is 0.0627. The van der Waals surface area contributed by atoms with E-state index in [1.165, 1.54) is 19.3 Å². The molecule has 6 heteroatoms. The van der Waals surface area contributed by atoms with Crippen molar-refractivity contribution in [1.82, 2.24) is 4.90 Å². The van der Waals surface area contributed by atoms with E-state index in [1.807, 2.05) is 24.1 Å². The highest BCUT2D eigenvalue weighted by Gasteiger charge is 2.60. The van der Waals surface area contributed by atoms with Gasteiger partial charge in [-0.1, -0.05) is 19.9 Å². The lowest BCUT2D eigenvalue weighted by Crippen LogP contribution is -2.59. The molecule has 0 aromatic heterocycles. The predicted octanol–water partition coefficient (Wildman–Crippen LogP) is 4.84. The number of benzene rings is 1. The van der Waals surface area contributed by atoms with Gasteiger partial charge in [-0.3, -0.25) is 14.4 Å². The molecule has 0 saturated heterocycles. The summed E-state index contributed by atoms with van der Waals surface area (Å²) in [6.07, 6.45) is 12.2. The van der Waals surface area contributed by atoms with Crippen LogP contribution in [-0.4, -0.2) is 36.2 Å². The number of rotatable bonds is 5. The number of amides is 3. The van der Waals surface area contributed by atoms with Crippen LogP contribution in [0.3, 0.4) is 0 Å². The molecule has 3 amide bonds. The lowest BCUT2D eigenvalue weighted by atomic mass is 9.47. The fourth-order valence-corrected chi connectivity index (χ4v) is 8.34. The molecule has 3 aliphatic carbocycles. The molecule has 1 aromatic rings. The van der Waals surface area contributed by atoms with Crippen molar-refractivity contribution < 1.29 is 14.4 Å². The summed E-state index contributed by atoms with van der Waals surface area (Å²) in [5.74, 6) is 2.58. The normalized spacial score (nSPS) is 38.5. The number of hydrogen-bond donors (Lipinski definition) is 2. The number of hydrogen-bond acceptors (Lipinski definition) is 3. The molecule has 0 radical (unpaired) electrons. The van der Waals surface area contributed by atoms with Gasteiger partial charge in [0.1, 0.15) is 0 Å². The van der Waals surface area contributed by atoms with Crippen molar-refractivity contribution in [3.05, 3.63) is 36.4 Å². The van der Waals surface area contributed by atoms with Crippen molar-refractivity contribution in [1.29, 1.82) is 0 Å². The van der Waals surface area contributed by atoms with E-state index in [-0.39, 0.29) is 22.6 Å². The second-order valence-electron chi connectivity index (χ2n) is 11.5. The van der Waals surface area contributed by atoms with Gasteiger partial charge in [0.2, 0.25) is 18.2 Å². The number of anilines is 2. The second-order valence-corrected chi connectivity index (χ2v) is 11.5. The smallest absolute Gasteiger partial charge is 0.246 e. The number of carbonyl (C=O) groups is 3. The average Bonchev–Trinajstić information content (AvgIpc) is 3.14. The van der Waals surface area contributed by atoms with E-state index >= 15 is 0 Å². The first kappa shape index (κ1) is 23.1. The Kier molecular flexibility index (Phi) is 5.81. The van der Waals surface area contributed by atoms with Crippen molar-refractivity contribution >= 4 is 29.6 Å². The molecule has 6 nitrogen and oxygen atoms in total. The molecule has 0 bridgehead atoms. The van der Waals surface area contributed by atoms with Crippen LogP contribution in [0.1, 0.15) is 58.8 Å². The molecular weight excluding hydrogens is 426 g/mol. The Morgan fingerprint density at radius 1 is 1.06 bits per heavy atom. The fourth-order valence-electron chi connectivity index (χ4n) is 8.34. The van der Waals surface area contributed by atoms with E-state index in [4.69, 9.17) is 0 Å². The van der Waals surface area contributed by atoms with Gasteiger partial charge in [0.15, 0.2) is 0 Å². The Balaban J connectivity index is 1.27. The van der Waals surface area contributed by atoms with Crippen LogP contribution in [-0.2, 0) is 14.4 Å². The highest BCUT2D eigenvalue weighted by molar-refractivity contribution is 5.91. The third-order valence-electron chi connectivity index (χ3n) is 10.2. The summed E-state index contributed by atoms with van der Waals surface area (Å²) in [5, 5.41) is 5.67. The van der Waals surface area contributed by atoms with E-state index < -0.39 is 0 Å². The van der Waals surface area contributed by atoms with Gasteiger partial charge in [-0.25, -0.2) is 0 Å². The van der Waals surface area contributed by atoms with Crippen LogP contribution >= 0.6 is 0 Å². The molecule has 3 fully saturated rings. The van der Waals surface area contributed by atoms with Crippen LogP contribution in [0.15, 0.2) is 36.4 Å². The minimum Gasteiger partial charge on any atom is -0.338 e. The Morgan fingerprint density at radius 2 is 1.79 bits per heavy atom. The van der Waals surface area contributed by atoms with Crippen molar-refractivity contribution in [2.45, 2.75) is 64.8 Å². The molecule has 1 heterocycles. The molecule has 1 aromatic carbocycles. The van der Waals surface area contributed by atoms with E-state index in [0.29, 0.717) is 48.2 Å². The maximum absolute atomic E-state index is 13.0. The number of nitrogens with one attached hydrogen (secondary N) is 2. The van der Waals surface area contributed by atoms with Gasteiger partial charge in [0, 0.05) is 36.3 Å². The molecule has 3 saturated carbocycles. The molecule has 182 valence electrons. The topological polar surface area (TPSA) is 78.5 Å². The summed E-state index contributed by atoms with van der Waals surface area (Å²) in [6.45, 7) is 4.83. The van der Waals surface area contributed by atoms with Crippen molar-refractivity contribution in [3.63, 3.8) is 0 Å². The molecular formula is C28H37N3O3. The van der Waals surface area contributed by atoms with Gasteiger partial charge in [-0.05, 0) is 98.0 Å². The zero-order chi connectivity index (χ0) is 24.1. The van der Waals surface area contributed by atoms with E-state index in [2.05, 4.69) is 30.6 Å². The molecule has 1 aliphatic heterocycles. The molecule has 2 N–H and O–H groups in total. The first-order valence-corrected chi connectivity index (χ1v) is 12.8. The summed E-state index contributed by atoms with van der Waals surface area (Å²) in [4.78, 5) is 37.8. The molecule has 0 unspecified atom stereocenters. The average molecular weight is 464 g/mol. The van der Waals surface area contributed by atoms with Crippen LogP contribution in [0, 0.1) is 34.5 Å². The van der Waals surface area contributed by atoms with Gasteiger partial charge in [-0.2, -0.15) is 0 Å². The Bertz CT molecular complexity index is 1000. The van der Waals surface area contributed by atoms with Crippen LogP contribution in [0.5, 0.6) is 0 Å². The Labute approximate surface area is 202 Å². The first-order chi connectivity index (χ1) is 16.3. The maximum Gasteiger partial charge on any atom is 0.246 e. The number of nitrogens with zero attached hydrogens (tertiary/aromatic N) is 1. The monoisotopic (exact) mass is 463 g/mol. The highest BCUT2D eigenvalue weighted by atomic mass is 16.2. The Hall–Kier alpha value is -2.63. The number of likely N-dealkylation sites (N-methyl/N-ethyl adjacent to an activating group) is 1. The number of carbonyl (C=O) groups excluding carboxylic acids is 3. The largest absolute Gasteiger partial charge is 0.338 e. The van der Waals surface area contributed by atoms with Gasteiger partial charge < -0.3 is 15.5 Å². The van der Waals surface area contributed by atoms with E-state index in [1.54, 1.807) is 18.2 Å². The van der Waals surface area contributed by atoms with Crippen LogP contribution in [0.2, 0.25) is 0 Å². The highest BCUT2D eigenvalue weighted by Crippen LogP contribution is 2.65. The fraction of sp³-hybridized carbons (Fsp3) is 0.607. The van der Waals surface area contributed by atoms with E-state index in [9.17, 15) is 14.4 Å². The van der Waals surface area contributed by atoms with Gasteiger partial charge in [0.25, 0.3) is 0 Å². The zero-order valence-corrected chi connectivity index (χ0v) is 20.5. The molecule has 5 rings (SSSR count). The lowest BCUT2D eigenvalue weighted by molar-refractivity contribution is -0.139. The summed E-state index contributed by atoms with van der Waals surface area (Å²) < 4.78 is 0. The minimum absolute atomic E-state index is 0.0627. The molecule has 34 heavy (non-hydrogen) atoms. The van der Waals surface area contributed by atoms with Crippen molar-refractivity contribution in [2.24, 2.45) is 34.5 Å². The van der Waals surface area contributed by atoms with Gasteiger partial charge >= 0.3 is 0 Å². The summed E-state index contributed by atoms with van der Waals surface area (Å²) in [6, 6.07) is 7.55. The SMILES string of the molecule is CN1C(=O)C=C[C@]2(C)[C@H]3CC[C@]4(C)[C@@H](CC(=O)Nc5ccc(NC=O)cc5)CC[C@H]4[C@@H]3CC[C@@H]12. The third kappa shape index (κ3) is 3.66. The maximum atomic E-state index is 13.0. The quantitative estimate of drug-likeness (QED) is 0.614. The predicted molar refractivity (Wildman–Crippen MR) is 133 cm³/mol. The second kappa shape index (κ2) is 8.54. The van der Waals surface area contributed by atoms with Crippen LogP contribution < -0.4 is 10.6 Å². The van der Waals surface area contributed by atoms with Crippen molar-refractivity contribution in [3.8, 4) is 0 Å². The van der Waals surface area contributed by atoms with Gasteiger partial charge in [-0.15, -0.1) is 0 Å². The Morgan fingerprint density at radius 3 is 2.53 bits per heavy atom. The third-order valence-corrected chi connectivity index (χ3v) is 10.2.